The van der Waals surface area contributed by atoms with E-state index < -0.39 is 0 Å². The van der Waals surface area contributed by atoms with Crippen LogP contribution in [0.3, 0.4) is 0 Å². The first kappa shape index (κ1) is 17.0. The Kier molecular flexibility index (Phi) is 5.32. The molecule has 3 aromatic rings. The monoisotopic (exact) mass is 412 g/mol. The first-order valence-corrected chi connectivity index (χ1v) is 10.3. The van der Waals surface area contributed by atoms with Crippen LogP contribution in [0, 0.1) is 0 Å². The highest BCUT2D eigenvalue weighted by atomic mass is 79.9. The van der Waals surface area contributed by atoms with E-state index in [1.807, 2.05) is 11.3 Å². The van der Waals surface area contributed by atoms with Crippen molar-refractivity contribution < 1.29 is 0 Å². The van der Waals surface area contributed by atoms with Crippen molar-refractivity contribution in [3.63, 3.8) is 0 Å². The van der Waals surface area contributed by atoms with E-state index in [4.69, 9.17) is 0 Å². The van der Waals surface area contributed by atoms with E-state index in [0.29, 0.717) is 6.04 Å². The summed E-state index contributed by atoms with van der Waals surface area (Å²) in [5.74, 6) is 0. The van der Waals surface area contributed by atoms with Crippen LogP contribution in [0.5, 0.6) is 0 Å². The Balaban J connectivity index is 1.67. The molecule has 1 fully saturated rings. The summed E-state index contributed by atoms with van der Waals surface area (Å²) >= 11 is 5.47. The van der Waals surface area contributed by atoms with Crippen LogP contribution in [0.4, 0.5) is 0 Å². The predicted octanol–water partition coefficient (Wildman–Crippen LogP) is 5.17. The zero-order chi connectivity index (χ0) is 17.1. The number of nitrogens with zero attached hydrogens (tertiary/aromatic N) is 1. The van der Waals surface area contributed by atoms with Crippen LogP contribution in [0.2, 0.25) is 0 Å². The topological polar surface area (TPSA) is 15.3 Å². The molecule has 2 nitrogen and oxygen atoms in total. The molecule has 128 valence electrons. The lowest BCUT2D eigenvalue weighted by molar-refractivity contribution is 0.200. The summed E-state index contributed by atoms with van der Waals surface area (Å²) in [6.07, 6.45) is 0. The summed E-state index contributed by atoms with van der Waals surface area (Å²) in [5, 5.41) is 3.46. The van der Waals surface area contributed by atoms with E-state index in [-0.39, 0.29) is 0 Å². The molecule has 1 N–H and O–H groups in total. The highest BCUT2D eigenvalue weighted by Gasteiger charge is 2.25. The van der Waals surface area contributed by atoms with Crippen molar-refractivity contribution >= 4 is 27.3 Å². The number of rotatable bonds is 4. The molecule has 0 saturated carbocycles. The average molecular weight is 413 g/mol. The molecule has 25 heavy (non-hydrogen) atoms. The van der Waals surface area contributed by atoms with Crippen molar-refractivity contribution in [1.82, 2.24) is 10.2 Å². The molecule has 1 atom stereocenters. The van der Waals surface area contributed by atoms with Crippen molar-refractivity contribution in [2.45, 2.75) is 6.04 Å². The van der Waals surface area contributed by atoms with Gasteiger partial charge in [0.15, 0.2) is 0 Å². The molecule has 2 heterocycles. The quantitative estimate of drug-likeness (QED) is 0.635. The van der Waals surface area contributed by atoms with Crippen molar-refractivity contribution in [3.05, 3.63) is 81.0 Å². The van der Waals surface area contributed by atoms with Gasteiger partial charge in [-0.05, 0) is 44.8 Å². The Morgan fingerprint density at radius 1 is 0.840 bits per heavy atom. The van der Waals surface area contributed by atoms with Gasteiger partial charge in [-0.3, -0.25) is 4.90 Å². The van der Waals surface area contributed by atoms with E-state index in [9.17, 15) is 0 Å². The van der Waals surface area contributed by atoms with Gasteiger partial charge >= 0.3 is 0 Å². The van der Waals surface area contributed by atoms with Gasteiger partial charge in [0.05, 0.1) is 9.83 Å². The van der Waals surface area contributed by atoms with Gasteiger partial charge in [0, 0.05) is 31.1 Å². The summed E-state index contributed by atoms with van der Waals surface area (Å²) < 4.78 is 1.20. The highest BCUT2D eigenvalue weighted by Crippen LogP contribution is 2.36. The Hall–Kier alpha value is -1.46. The molecule has 4 rings (SSSR count). The molecule has 2 aromatic carbocycles. The van der Waals surface area contributed by atoms with Crippen LogP contribution in [-0.4, -0.2) is 31.1 Å². The summed E-state index contributed by atoms with van der Waals surface area (Å²) in [5.41, 5.74) is 3.92. The van der Waals surface area contributed by atoms with Crippen LogP contribution >= 0.6 is 27.3 Å². The van der Waals surface area contributed by atoms with Gasteiger partial charge in [0.2, 0.25) is 0 Å². The number of piperazine rings is 1. The molecule has 1 aliphatic heterocycles. The zero-order valence-electron chi connectivity index (χ0n) is 14.0. The van der Waals surface area contributed by atoms with E-state index in [0.717, 1.165) is 26.2 Å². The molecule has 1 saturated heterocycles. The lowest BCUT2D eigenvalue weighted by atomic mass is 9.98. The number of hydrogen-bond acceptors (Lipinski definition) is 3. The normalized spacial score (nSPS) is 16.7. The molecule has 4 heteroatoms. The molecule has 0 spiro atoms. The summed E-state index contributed by atoms with van der Waals surface area (Å²) in [4.78, 5) is 3.99. The van der Waals surface area contributed by atoms with Gasteiger partial charge in [-0.15, -0.1) is 11.3 Å². The van der Waals surface area contributed by atoms with E-state index in [1.165, 1.54) is 25.4 Å². The molecule has 1 aliphatic rings. The fourth-order valence-corrected chi connectivity index (χ4v) is 5.05. The van der Waals surface area contributed by atoms with Gasteiger partial charge < -0.3 is 5.32 Å². The second kappa shape index (κ2) is 7.83. The van der Waals surface area contributed by atoms with Crippen molar-refractivity contribution in [2.75, 3.05) is 26.2 Å². The SMILES string of the molecule is Brc1ccc(C(c2ccc(-c3ccccc3)cc2)N2CCNCC2)s1. The second-order valence-corrected chi connectivity index (χ2v) is 8.81. The fourth-order valence-electron chi connectivity index (χ4n) is 3.46. The van der Waals surface area contributed by atoms with Crippen LogP contribution in [0.25, 0.3) is 11.1 Å². The fraction of sp³-hybridized carbons (Fsp3) is 0.238. The standard InChI is InChI=1S/C21H21BrN2S/c22-20-11-10-19(25-20)21(24-14-12-23-13-15-24)18-8-6-17(7-9-18)16-4-2-1-3-5-16/h1-11,21,23H,12-15H2. The van der Waals surface area contributed by atoms with Crippen LogP contribution in [-0.2, 0) is 0 Å². The minimum Gasteiger partial charge on any atom is -0.314 e. The van der Waals surface area contributed by atoms with Gasteiger partial charge in [0.1, 0.15) is 0 Å². The summed E-state index contributed by atoms with van der Waals surface area (Å²) in [6, 6.07) is 24.4. The number of nitrogens with one attached hydrogen (secondary N) is 1. The summed E-state index contributed by atoms with van der Waals surface area (Å²) in [6.45, 7) is 4.29. The molecule has 0 aliphatic carbocycles. The zero-order valence-corrected chi connectivity index (χ0v) is 16.4. The third-order valence-corrected chi connectivity index (χ3v) is 6.39. The van der Waals surface area contributed by atoms with E-state index in [2.05, 4.69) is 92.9 Å². The maximum absolute atomic E-state index is 3.63. The highest BCUT2D eigenvalue weighted by molar-refractivity contribution is 9.11. The van der Waals surface area contributed by atoms with Crippen LogP contribution < -0.4 is 5.32 Å². The predicted molar refractivity (Wildman–Crippen MR) is 110 cm³/mol. The van der Waals surface area contributed by atoms with Gasteiger partial charge in [-0.25, -0.2) is 0 Å². The Morgan fingerprint density at radius 3 is 2.16 bits per heavy atom. The van der Waals surface area contributed by atoms with E-state index in [1.54, 1.807) is 0 Å². The maximum Gasteiger partial charge on any atom is 0.0702 e. The van der Waals surface area contributed by atoms with Gasteiger partial charge in [-0.2, -0.15) is 0 Å². The van der Waals surface area contributed by atoms with Crippen LogP contribution in [0.1, 0.15) is 16.5 Å². The van der Waals surface area contributed by atoms with Crippen LogP contribution in [0.15, 0.2) is 70.5 Å². The van der Waals surface area contributed by atoms with Gasteiger partial charge in [0.25, 0.3) is 0 Å². The van der Waals surface area contributed by atoms with Crippen molar-refractivity contribution in [3.8, 4) is 11.1 Å². The lowest BCUT2D eigenvalue weighted by Gasteiger charge is -2.34. The van der Waals surface area contributed by atoms with Crippen molar-refractivity contribution in [1.29, 1.82) is 0 Å². The molecule has 0 bridgehead atoms. The molecular weight excluding hydrogens is 392 g/mol. The first-order valence-electron chi connectivity index (χ1n) is 8.67. The number of halogens is 1. The average Bonchev–Trinajstić information content (AvgIpc) is 3.10. The van der Waals surface area contributed by atoms with Crippen molar-refractivity contribution in [2.24, 2.45) is 0 Å². The molecule has 0 amide bonds. The Morgan fingerprint density at radius 2 is 1.52 bits per heavy atom. The van der Waals surface area contributed by atoms with E-state index >= 15 is 0 Å². The first-order chi connectivity index (χ1) is 12.3. The molecular formula is C21H21BrN2S. The largest absolute Gasteiger partial charge is 0.314 e. The Labute approximate surface area is 161 Å². The number of benzene rings is 2. The molecule has 1 unspecified atom stereocenters. The summed E-state index contributed by atoms with van der Waals surface area (Å²) in [7, 11) is 0. The minimum absolute atomic E-state index is 0.336. The third-order valence-electron chi connectivity index (χ3n) is 4.71. The molecule has 0 radical (unpaired) electrons. The number of thiophene rings is 1. The molecule has 1 aromatic heterocycles. The van der Waals surface area contributed by atoms with Gasteiger partial charge in [-0.1, -0.05) is 54.6 Å². The second-order valence-electron chi connectivity index (χ2n) is 6.32. The smallest absolute Gasteiger partial charge is 0.0702 e. The lowest BCUT2D eigenvalue weighted by Crippen LogP contribution is -2.45. The minimum atomic E-state index is 0.336. The maximum atomic E-state index is 3.63. The third kappa shape index (κ3) is 3.87. The Bertz CT molecular complexity index is 807. The number of hydrogen-bond donors (Lipinski definition) is 1.